The summed E-state index contributed by atoms with van der Waals surface area (Å²) in [5.41, 5.74) is 2.24. The van der Waals surface area contributed by atoms with Crippen molar-refractivity contribution in [1.29, 1.82) is 0 Å². The maximum Gasteiger partial charge on any atom is 0.273 e. The quantitative estimate of drug-likeness (QED) is 0.404. The minimum atomic E-state index is -0.465. The van der Waals surface area contributed by atoms with Gasteiger partial charge in [-0.2, -0.15) is 0 Å². The Morgan fingerprint density at radius 3 is 2.35 bits per heavy atom. The molecule has 2 heterocycles. The van der Waals surface area contributed by atoms with E-state index < -0.39 is 4.92 Å². The standard InChI is InChI=1S/C24H25N5O5/c1-16-4-5-17(14-21(16)29(31)32)24(30)28-12-10-27(11-13-28)23-9-7-20(25-26-23)19-15-18(33-2)6-8-22(19)34-3/h4-9,14-15H,10-13H2,1-3H3. The highest BCUT2D eigenvalue weighted by Gasteiger charge is 2.25. The SMILES string of the molecule is COc1ccc(OC)c(-c2ccc(N3CCN(C(=O)c4ccc(C)c([N+](=O)[O-])c4)CC3)nn2)c1. The zero-order valence-corrected chi connectivity index (χ0v) is 19.2. The fourth-order valence-corrected chi connectivity index (χ4v) is 3.91. The van der Waals surface area contributed by atoms with Crippen LogP contribution in [0.15, 0.2) is 48.5 Å². The Labute approximate surface area is 196 Å². The number of benzene rings is 2. The topological polar surface area (TPSA) is 111 Å². The van der Waals surface area contributed by atoms with Crippen LogP contribution in [0.5, 0.6) is 11.5 Å². The van der Waals surface area contributed by atoms with E-state index in [4.69, 9.17) is 9.47 Å². The zero-order chi connectivity index (χ0) is 24.2. The third-order valence-corrected chi connectivity index (χ3v) is 5.88. The Kier molecular flexibility index (Phi) is 6.58. The summed E-state index contributed by atoms with van der Waals surface area (Å²) >= 11 is 0. The van der Waals surface area contributed by atoms with Gasteiger partial charge in [-0.05, 0) is 43.3 Å². The van der Waals surface area contributed by atoms with Gasteiger partial charge in [-0.1, -0.05) is 6.07 Å². The number of ether oxygens (including phenoxy) is 2. The van der Waals surface area contributed by atoms with Gasteiger partial charge in [-0.25, -0.2) is 0 Å². The number of anilines is 1. The molecule has 1 fully saturated rings. The van der Waals surface area contributed by atoms with E-state index in [1.165, 1.54) is 6.07 Å². The van der Waals surface area contributed by atoms with Crippen LogP contribution in [0.1, 0.15) is 15.9 Å². The number of nitro groups is 1. The summed E-state index contributed by atoms with van der Waals surface area (Å²) in [6.45, 7) is 3.77. The molecule has 0 N–H and O–H groups in total. The third-order valence-electron chi connectivity index (χ3n) is 5.88. The smallest absolute Gasteiger partial charge is 0.273 e. The maximum absolute atomic E-state index is 12.9. The summed E-state index contributed by atoms with van der Waals surface area (Å²) in [5.74, 6) is 1.87. The van der Waals surface area contributed by atoms with Crippen LogP contribution >= 0.6 is 0 Å². The number of hydrogen-bond donors (Lipinski definition) is 0. The highest BCUT2D eigenvalue weighted by Crippen LogP contribution is 2.32. The van der Waals surface area contributed by atoms with Crippen molar-refractivity contribution in [3.8, 4) is 22.8 Å². The molecule has 0 radical (unpaired) electrons. The second-order valence-electron chi connectivity index (χ2n) is 7.88. The van der Waals surface area contributed by atoms with Gasteiger partial charge in [0, 0.05) is 48.9 Å². The summed E-state index contributed by atoms with van der Waals surface area (Å²) in [7, 11) is 3.20. The lowest BCUT2D eigenvalue weighted by atomic mass is 10.1. The second-order valence-corrected chi connectivity index (χ2v) is 7.88. The van der Waals surface area contributed by atoms with Gasteiger partial charge in [-0.15, -0.1) is 10.2 Å². The summed E-state index contributed by atoms with van der Waals surface area (Å²) in [6, 6.07) is 13.8. The first-order chi connectivity index (χ1) is 16.4. The molecule has 0 unspecified atom stereocenters. The van der Waals surface area contributed by atoms with E-state index in [9.17, 15) is 14.9 Å². The zero-order valence-electron chi connectivity index (χ0n) is 19.2. The molecule has 1 aromatic heterocycles. The predicted molar refractivity (Wildman–Crippen MR) is 127 cm³/mol. The molecule has 0 aliphatic carbocycles. The summed E-state index contributed by atoms with van der Waals surface area (Å²) in [5, 5.41) is 20.0. The van der Waals surface area contributed by atoms with Crippen LogP contribution in [0.2, 0.25) is 0 Å². The van der Waals surface area contributed by atoms with Crippen molar-refractivity contribution in [2.45, 2.75) is 6.92 Å². The number of hydrogen-bond acceptors (Lipinski definition) is 8. The molecule has 34 heavy (non-hydrogen) atoms. The first-order valence-corrected chi connectivity index (χ1v) is 10.8. The molecule has 4 rings (SSSR count). The molecule has 1 aliphatic heterocycles. The van der Waals surface area contributed by atoms with Gasteiger partial charge in [0.2, 0.25) is 0 Å². The van der Waals surface area contributed by atoms with Crippen molar-refractivity contribution < 1.29 is 19.2 Å². The number of nitro benzene ring substituents is 1. The summed E-state index contributed by atoms with van der Waals surface area (Å²) in [4.78, 5) is 27.4. The van der Waals surface area contributed by atoms with Crippen LogP contribution in [0.3, 0.4) is 0 Å². The fraction of sp³-hybridized carbons (Fsp3) is 0.292. The van der Waals surface area contributed by atoms with E-state index >= 15 is 0 Å². The first-order valence-electron chi connectivity index (χ1n) is 10.8. The molecule has 1 aliphatic rings. The Morgan fingerprint density at radius 1 is 0.971 bits per heavy atom. The molecular formula is C24H25N5O5. The molecular weight excluding hydrogens is 438 g/mol. The van der Waals surface area contributed by atoms with E-state index in [1.807, 2.05) is 30.3 Å². The Bertz CT molecular complexity index is 1210. The lowest BCUT2D eigenvalue weighted by Crippen LogP contribution is -2.49. The van der Waals surface area contributed by atoms with Crippen molar-refractivity contribution in [3.05, 3.63) is 69.8 Å². The molecule has 0 bridgehead atoms. The van der Waals surface area contributed by atoms with Gasteiger partial charge >= 0.3 is 0 Å². The molecule has 0 saturated carbocycles. The monoisotopic (exact) mass is 463 g/mol. The highest BCUT2D eigenvalue weighted by molar-refractivity contribution is 5.95. The lowest BCUT2D eigenvalue weighted by Gasteiger charge is -2.35. The van der Waals surface area contributed by atoms with Gasteiger partial charge in [-0.3, -0.25) is 14.9 Å². The number of carbonyl (C=O) groups is 1. The molecule has 3 aromatic rings. The maximum atomic E-state index is 12.9. The highest BCUT2D eigenvalue weighted by atomic mass is 16.6. The second kappa shape index (κ2) is 9.74. The van der Waals surface area contributed by atoms with Gasteiger partial charge < -0.3 is 19.3 Å². The van der Waals surface area contributed by atoms with Crippen molar-refractivity contribution >= 4 is 17.4 Å². The lowest BCUT2D eigenvalue weighted by molar-refractivity contribution is -0.385. The molecule has 10 nitrogen and oxygen atoms in total. The van der Waals surface area contributed by atoms with E-state index in [1.54, 1.807) is 38.2 Å². The van der Waals surface area contributed by atoms with Crippen molar-refractivity contribution in [2.75, 3.05) is 45.3 Å². The van der Waals surface area contributed by atoms with E-state index in [2.05, 4.69) is 15.1 Å². The van der Waals surface area contributed by atoms with E-state index in [0.29, 0.717) is 60.3 Å². The van der Waals surface area contributed by atoms with Gasteiger partial charge in [0.1, 0.15) is 11.5 Å². The van der Waals surface area contributed by atoms with Gasteiger partial charge in [0.25, 0.3) is 11.6 Å². The predicted octanol–water partition coefficient (Wildman–Crippen LogP) is 3.34. The molecule has 10 heteroatoms. The number of amides is 1. The number of rotatable bonds is 6. The van der Waals surface area contributed by atoms with E-state index in [-0.39, 0.29) is 11.6 Å². The molecule has 0 atom stereocenters. The largest absolute Gasteiger partial charge is 0.497 e. The van der Waals surface area contributed by atoms with Crippen LogP contribution in [0.4, 0.5) is 11.5 Å². The third kappa shape index (κ3) is 4.61. The molecule has 0 spiro atoms. The summed E-state index contributed by atoms with van der Waals surface area (Å²) in [6.07, 6.45) is 0. The fourth-order valence-electron chi connectivity index (χ4n) is 3.91. The average molecular weight is 463 g/mol. The molecule has 1 amide bonds. The van der Waals surface area contributed by atoms with Gasteiger partial charge in [0.05, 0.1) is 24.8 Å². The van der Waals surface area contributed by atoms with Crippen LogP contribution in [-0.4, -0.2) is 66.3 Å². The number of nitrogens with zero attached hydrogens (tertiary/aromatic N) is 5. The Hall–Kier alpha value is -4.21. The molecule has 1 saturated heterocycles. The number of carbonyl (C=O) groups excluding carboxylic acids is 1. The van der Waals surface area contributed by atoms with Crippen molar-refractivity contribution in [3.63, 3.8) is 0 Å². The Balaban J connectivity index is 1.44. The average Bonchev–Trinajstić information content (AvgIpc) is 2.88. The van der Waals surface area contributed by atoms with Gasteiger partial charge in [0.15, 0.2) is 5.82 Å². The summed E-state index contributed by atoms with van der Waals surface area (Å²) < 4.78 is 10.7. The number of methoxy groups -OCH3 is 2. The first kappa shape index (κ1) is 23.0. The minimum absolute atomic E-state index is 0.0486. The molecule has 176 valence electrons. The van der Waals surface area contributed by atoms with Crippen LogP contribution in [0, 0.1) is 17.0 Å². The minimum Gasteiger partial charge on any atom is -0.497 e. The number of aromatic nitrogens is 2. The normalized spacial score (nSPS) is 13.5. The Morgan fingerprint density at radius 2 is 1.74 bits per heavy atom. The van der Waals surface area contributed by atoms with Crippen LogP contribution < -0.4 is 14.4 Å². The molecule has 2 aromatic carbocycles. The van der Waals surface area contributed by atoms with E-state index in [0.717, 1.165) is 5.56 Å². The number of aryl methyl sites for hydroxylation is 1. The van der Waals surface area contributed by atoms with Crippen LogP contribution in [-0.2, 0) is 0 Å². The number of piperazine rings is 1. The van der Waals surface area contributed by atoms with Crippen LogP contribution in [0.25, 0.3) is 11.3 Å². The van der Waals surface area contributed by atoms with Crippen molar-refractivity contribution in [1.82, 2.24) is 15.1 Å². The van der Waals surface area contributed by atoms with Crippen molar-refractivity contribution in [2.24, 2.45) is 0 Å².